The van der Waals surface area contributed by atoms with E-state index in [0.29, 0.717) is 29.2 Å². The van der Waals surface area contributed by atoms with E-state index in [1.165, 1.54) is 5.56 Å². The van der Waals surface area contributed by atoms with Crippen LogP contribution in [0.4, 0.5) is 11.4 Å². The van der Waals surface area contributed by atoms with Crippen LogP contribution in [0.1, 0.15) is 51.7 Å². The van der Waals surface area contributed by atoms with Crippen molar-refractivity contribution >= 4 is 23.2 Å². The SMILES string of the molecule is CC(C)c1c(C(=O)Nc2ccc(C(=O)N3CCc4ccccc43)cc2)cnn1-c1ccccn1. The van der Waals surface area contributed by atoms with Gasteiger partial charge in [0.05, 0.1) is 17.5 Å². The third-order valence-electron chi connectivity index (χ3n) is 5.99. The smallest absolute Gasteiger partial charge is 0.259 e. The summed E-state index contributed by atoms with van der Waals surface area (Å²) in [5.41, 5.74) is 4.64. The number of hydrogen-bond donors (Lipinski definition) is 1. The maximum Gasteiger partial charge on any atom is 0.259 e. The van der Waals surface area contributed by atoms with Crippen molar-refractivity contribution in [1.82, 2.24) is 14.8 Å². The van der Waals surface area contributed by atoms with Crippen LogP contribution in [0.3, 0.4) is 0 Å². The van der Waals surface area contributed by atoms with Gasteiger partial charge in [-0.1, -0.05) is 38.1 Å². The van der Waals surface area contributed by atoms with Gasteiger partial charge in [-0.15, -0.1) is 0 Å². The maximum absolute atomic E-state index is 13.1. The Kier molecular flexibility index (Phi) is 5.67. The first-order valence-electron chi connectivity index (χ1n) is 11.3. The van der Waals surface area contributed by atoms with Crippen molar-refractivity contribution in [2.24, 2.45) is 0 Å². The average molecular weight is 452 g/mol. The summed E-state index contributed by atoms with van der Waals surface area (Å²) in [6.07, 6.45) is 4.13. The molecule has 7 nitrogen and oxygen atoms in total. The van der Waals surface area contributed by atoms with E-state index in [0.717, 1.165) is 17.8 Å². The zero-order valence-corrected chi connectivity index (χ0v) is 19.1. The number of fused-ring (bicyclic) bond motifs is 1. The van der Waals surface area contributed by atoms with E-state index < -0.39 is 0 Å². The summed E-state index contributed by atoms with van der Waals surface area (Å²) in [5.74, 6) is 0.435. The Labute approximate surface area is 198 Å². The van der Waals surface area contributed by atoms with Gasteiger partial charge in [-0.05, 0) is 60.4 Å². The molecule has 3 heterocycles. The molecule has 2 amide bonds. The van der Waals surface area contributed by atoms with E-state index in [2.05, 4.69) is 21.5 Å². The number of benzene rings is 2. The standard InChI is InChI=1S/C27H25N5O2/c1-18(2)25-22(17-29-32(25)24-9-5-6-15-28-24)26(33)30-21-12-10-20(11-13-21)27(34)31-16-14-19-7-3-4-8-23(19)31/h3-13,15,17-18H,14,16H2,1-2H3,(H,30,33). The third-order valence-corrected chi connectivity index (χ3v) is 5.99. The van der Waals surface area contributed by atoms with Crippen molar-refractivity contribution < 1.29 is 9.59 Å². The van der Waals surface area contributed by atoms with E-state index >= 15 is 0 Å². The molecule has 0 unspecified atom stereocenters. The van der Waals surface area contributed by atoms with Gasteiger partial charge in [0, 0.05) is 29.7 Å². The van der Waals surface area contributed by atoms with Crippen molar-refractivity contribution in [1.29, 1.82) is 0 Å². The van der Waals surface area contributed by atoms with Gasteiger partial charge >= 0.3 is 0 Å². The minimum Gasteiger partial charge on any atom is -0.322 e. The number of pyridine rings is 1. The average Bonchev–Trinajstić information content (AvgIpc) is 3.50. The summed E-state index contributed by atoms with van der Waals surface area (Å²) in [6.45, 7) is 4.71. The number of nitrogens with zero attached hydrogens (tertiary/aromatic N) is 4. The van der Waals surface area contributed by atoms with E-state index in [-0.39, 0.29) is 17.7 Å². The quantitative estimate of drug-likeness (QED) is 0.471. The van der Waals surface area contributed by atoms with Gasteiger partial charge in [0.25, 0.3) is 11.8 Å². The van der Waals surface area contributed by atoms with Gasteiger partial charge < -0.3 is 10.2 Å². The number of carbonyl (C=O) groups excluding carboxylic acids is 2. The number of para-hydroxylation sites is 1. The molecule has 0 spiro atoms. The van der Waals surface area contributed by atoms with Crippen LogP contribution in [-0.4, -0.2) is 33.1 Å². The molecular formula is C27H25N5O2. The summed E-state index contributed by atoms with van der Waals surface area (Å²) in [6, 6.07) is 20.6. The summed E-state index contributed by atoms with van der Waals surface area (Å²) >= 11 is 0. The van der Waals surface area contributed by atoms with Crippen molar-refractivity contribution in [2.75, 3.05) is 16.8 Å². The van der Waals surface area contributed by atoms with Gasteiger partial charge in [0.1, 0.15) is 0 Å². The number of hydrogen-bond acceptors (Lipinski definition) is 4. The second kappa shape index (κ2) is 8.94. The fourth-order valence-corrected chi connectivity index (χ4v) is 4.35. The number of nitrogens with one attached hydrogen (secondary N) is 1. The highest BCUT2D eigenvalue weighted by Gasteiger charge is 2.25. The molecule has 2 aromatic heterocycles. The first-order valence-corrected chi connectivity index (χ1v) is 11.3. The Balaban J connectivity index is 1.34. The fourth-order valence-electron chi connectivity index (χ4n) is 4.35. The van der Waals surface area contributed by atoms with Crippen LogP contribution in [0.15, 0.2) is 79.1 Å². The molecule has 1 aliphatic rings. The molecule has 0 radical (unpaired) electrons. The van der Waals surface area contributed by atoms with Crippen molar-refractivity contribution in [3.8, 4) is 5.82 Å². The van der Waals surface area contributed by atoms with Crippen LogP contribution in [0.2, 0.25) is 0 Å². The second-order valence-corrected chi connectivity index (χ2v) is 8.56. The Morgan fingerprint density at radius 2 is 1.74 bits per heavy atom. The minimum atomic E-state index is -0.251. The number of anilines is 2. The van der Waals surface area contributed by atoms with Crippen LogP contribution < -0.4 is 10.2 Å². The van der Waals surface area contributed by atoms with E-state index in [1.807, 2.05) is 55.1 Å². The van der Waals surface area contributed by atoms with Crippen LogP contribution in [0.5, 0.6) is 0 Å². The predicted octanol–water partition coefficient (Wildman–Crippen LogP) is 4.85. The highest BCUT2D eigenvalue weighted by atomic mass is 16.2. The molecule has 4 aromatic rings. The fraction of sp³-hybridized carbons (Fsp3) is 0.185. The van der Waals surface area contributed by atoms with Gasteiger partial charge in [-0.3, -0.25) is 9.59 Å². The van der Waals surface area contributed by atoms with Crippen molar-refractivity contribution in [2.45, 2.75) is 26.2 Å². The third kappa shape index (κ3) is 3.96. The lowest BCUT2D eigenvalue weighted by atomic mass is 10.1. The first-order chi connectivity index (χ1) is 16.5. The van der Waals surface area contributed by atoms with Crippen molar-refractivity contribution in [3.05, 3.63) is 102 Å². The number of amides is 2. The first kappa shape index (κ1) is 21.6. The molecule has 0 aliphatic carbocycles. The summed E-state index contributed by atoms with van der Waals surface area (Å²) in [5, 5.41) is 7.35. The molecule has 0 atom stereocenters. The van der Waals surface area contributed by atoms with Crippen LogP contribution >= 0.6 is 0 Å². The molecule has 0 bridgehead atoms. The molecule has 5 rings (SSSR count). The Morgan fingerprint density at radius 1 is 0.971 bits per heavy atom. The second-order valence-electron chi connectivity index (χ2n) is 8.56. The lowest BCUT2D eigenvalue weighted by Gasteiger charge is -2.17. The zero-order chi connectivity index (χ0) is 23.7. The maximum atomic E-state index is 13.1. The number of rotatable bonds is 5. The molecule has 2 aromatic carbocycles. The lowest BCUT2D eigenvalue weighted by molar-refractivity contribution is 0.0988. The molecule has 34 heavy (non-hydrogen) atoms. The molecule has 170 valence electrons. The number of aromatic nitrogens is 3. The molecule has 7 heteroatoms. The van der Waals surface area contributed by atoms with E-state index in [1.54, 1.807) is 41.3 Å². The van der Waals surface area contributed by atoms with Crippen molar-refractivity contribution in [3.63, 3.8) is 0 Å². The minimum absolute atomic E-state index is 0.0402. The predicted molar refractivity (Wildman–Crippen MR) is 132 cm³/mol. The highest BCUT2D eigenvalue weighted by molar-refractivity contribution is 6.08. The van der Waals surface area contributed by atoms with E-state index in [4.69, 9.17) is 0 Å². The van der Waals surface area contributed by atoms with Gasteiger partial charge in [0.15, 0.2) is 5.82 Å². The Bertz CT molecular complexity index is 1340. The largest absolute Gasteiger partial charge is 0.322 e. The summed E-state index contributed by atoms with van der Waals surface area (Å²) in [7, 11) is 0. The van der Waals surface area contributed by atoms with Crippen LogP contribution in [0, 0.1) is 0 Å². The lowest BCUT2D eigenvalue weighted by Crippen LogP contribution is -2.28. The van der Waals surface area contributed by atoms with Crippen LogP contribution in [0.25, 0.3) is 5.82 Å². The van der Waals surface area contributed by atoms with Gasteiger partial charge in [0.2, 0.25) is 0 Å². The number of carbonyl (C=O) groups is 2. The van der Waals surface area contributed by atoms with Gasteiger partial charge in [-0.2, -0.15) is 5.10 Å². The highest BCUT2D eigenvalue weighted by Crippen LogP contribution is 2.29. The van der Waals surface area contributed by atoms with Crippen LogP contribution in [-0.2, 0) is 6.42 Å². The molecule has 1 N–H and O–H groups in total. The molecule has 0 saturated heterocycles. The summed E-state index contributed by atoms with van der Waals surface area (Å²) in [4.78, 5) is 32.3. The van der Waals surface area contributed by atoms with E-state index in [9.17, 15) is 9.59 Å². The topological polar surface area (TPSA) is 80.1 Å². The zero-order valence-electron chi connectivity index (χ0n) is 19.1. The molecule has 1 aliphatic heterocycles. The monoisotopic (exact) mass is 451 g/mol. The molecular weight excluding hydrogens is 426 g/mol. The Morgan fingerprint density at radius 3 is 2.47 bits per heavy atom. The normalized spacial score (nSPS) is 12.6. The molecule has 0 saturated carbocycles. The summed E-state index contributed by atoms with van der Waals surface area (Å²) < 4.78 is 1.70. The Hall–Kier alpha value is -4.26. The van der Waals surface area contributed by atoms with Gasteiger partial charge in [-0.25, -0.2) is 9.67 Å². The molecule has 0 fully saturated rings.